The van der Waals surface area contributed by atoms with E-state index in [-0.39, 0.29) is 10.6 Å². The van der Waals surface area contributed by atoms with Gasteiger partial charge in [0.05, 0.1) is 15.7 Å². The molecule has 0 aromatic heterocycles. The van der Waals surface area contributed by atoms with Crippen molar-refractivity contribution >= 4 is 40.9 Å². The summed E-state index contributed by atoms with van der Waals surface area (Å²) in [5.74, 6) is -0.906. The van der Waals surface area contributed by atoms with Crippen LogP contribution in [0.5, 0.6) is 0 Å². The summed E-state index contributed by atoms with van der Waals surface area (Å²) >= 11 is 11.8. The number of halogens is 3. The van der Waals surface area contributed by atoms with Crippen LogP contribution in [0.25, 0.3) is 6.08 Å². The van der Waals surface area contributed by atoms with Gasteiger partial charge in [0.2, 0.25) is 5.91 Å². The molecule has 0 aliphatic carbocycles. The van der Waals surface area contributed by atoms with Crippen LogP contribution in [-0.4, -0.2) is 5.91 Å². The van der Waals surface area contributed by atoms with E-state index in [4.69, 9.17) is 23.2 Å². The van der Waals surface area contributed by atoms with Crippen LogP contribution in [0.3, 0.4) is 0 Å². The highest BCUT2D eigenvalue weighted by molar-refractivity contribution is 6.34. The van der Waals surface area contributed by atoms with E-state index in [1.54, 1.807) is 30.3 Å². The van der Waals surface area contributed by atoms with E-state index in [1.165, 1.54) is 24.3 Å². The smallest absolute Gasteiger partial charge is 0.248 e. The number of para-hydroxylation sites is 1. The topological polar surface area (TPSA) is 29.1 Å². The highest BCUT2D eigenvalue weighted by atomic mass is 35.5. The van der Waals surface area contributed by atoms with Crippen LogP contribution in [-0.2, 0) is 4.79 Å². The van der Waals surface area contributed by atoms with Gasteiger partial charge >= 0.3 is 0 Å². The van der Waals surface area contributed by atoms with Crippen LogP contribution in [0, 0.1) is 5.82 Å². The number of hydrogen-bond acceptors (Lipinski definition) is 1. The van der Waals surface area contributed by atoms with Gasteiger partial charge in [-0.05, 0) is 30.3 Å². The van der Waals surface area contributed by atoms with Crippen molar-refractivity contribution in [3.8, 4) is 0 Å². The maximum Gasteiger partial charge on any atom is 0.248 e. The third-order valence-electron chi connectivity index (χ3n) is 2.53. The quantitative estimate of drug-likeness (QED) is 0.812. The Kier molecular flexibility index (Phi) is 4.77. The molecule has 0 spiro atoms. The standard InChI is InChI=1S/C15H10Cl2FNO/c16-11-5-3-6-13(18)10(11)8-9-15(20)19-14-7-2-1-4-12(14)17/h1-9H,(H,19,20). The molecule has 0 fully saturated rings. The monoisotopic (exact) mass is 309 g/mol. The van der Waals surface area contributed by atoms with E-state index >= 15 is 0 Å². The first-order valence-corrected chi connectivity index (χ1v) is 6.51. The normalized spacial score (nSPS) is 10.8. The van der Waals surface area contributed by atoms with Crippen LogP contribution in [0.4, 0.5) is 10.1 Å². The zero-order valence-electron chi connectivity index (χ0n) is 10.2. The molecule has 0 atom stereocenters. The number of nitrogens with one attached hydrogen (secondary N) is 1. The second kappa shape index (κ2) is 6.55. The molecule has 0 aliphatic heterocycles. The van der Waals surface area contributed by atoms with Gasteiger partial charge in [-0.15, -0.1) is 0 Å². The second-order valence-corrected chi connectivity index (χ2v) is 4.75. The molecular weight excluding hydrogens is 300 g/mol. The minimum absolute atomic E-state index is 0.170. The van der Waals surface area contributed by atoms with Gasteiger partial charge in [0.15, 0.2) is 0 Å². The molecule has 0 saturated carbocycles. The summed E-state index contributed by atoms with van der Waals surface area (Å²) in [6.45, 7) is 0. The minimum atomic E-state index is -0.487. The third kappa shape index (κ3) is 3.59. The predicted molar refractivity (Wildman–Crippen MR) is 80.5 cm³/mol. The minimum Gasteiger partial charge on any atom is -0.321 e. The summed E-state index contributed by atoms with van der Waals surface area (Å²) in [6.07, 6.45) is 2.53. The Balaban J connectivity index is 2.12. The Labute approximate surface area is 125 Å². The van der Waals surface area contributed by atoms with Crippen molar-refractivity contribution in [3.05, 3.63) is 70.0 Å². The van der Waals surface area contributed by atoms with Gasteiger partial charge in [0.25, 0.3) is 0 Å². The van der Waals surface area contributed by atoms with Crippen molar-refractivity contribution in [2.45, 2.75) is 0 Å². The Hall–Kier alpha value is -1.84. The molecule has 2 aromatic rings. The van der Waals surface area contributed by atoms with E-state index in [0.717, 1.165) is 0 Å². The summed E-state index contributed by atoms with van der Waals surface area (Å²) in [6, 6.07) is 11.2. The zero-order valence-corrected chi connectivity index (χ0v) is 11.8. The number of hydrogen-bond donors (Lipinski definition) is 1. The summed E-state index contributed by atoms with van der Waals surface area (Å²) in [7, 11) is 0. The molecule has 0 saturated heterocycles. The number of carbonyl (C=O) groups is 1. The summed E-state index contributed by atoms with van der Waals surface area (Å²) in [5.41, 5.74) is 0.659. The molecule has 0 radical (unpaired) electrons. The van der Waals surface area contributed by atoms with Gasteiger partial charge in [-0.3, -0.25) is 4.79 Å². The van der Waals surface area contributed by atoms with E-state index in [9.17, 15) is 9.18 Å². The highest BCUT2D eigenvalue weighted by Gasteiger charge is 2.05. The second-order valence-electron chi connectivity index (χ2n) is 3.94. The van der Waals surface area contributed by atoms with Gasteiger partial charge in [0.1, 0.15) is 5.82 Å². The van der Waals surface area contributed by atoms with Crippen molar-refractivity contribution < 1.29 is 9.18 Å². The maximum atomic E-state index is 13.5. The molecule has 1 amide bonds. The molecule has 2 nitrogen and oxygen atoms in total. The number of carbonyl (C=O) groups excluding carboxylic acids is 1. The van der Waals surface area contributed by atoms with Crippen LogP contribution < -0.4 is 5.32 Å². The Bertz CT molecular complexity index is 650. The van der Waals surface area contributed by atoms with Gasteiger partial charge < -0.3 is 5.32 Å². The predicted octanol–water partition coefficient (Wildman–Crippen LogP) is 4.78. The fourth-order valence-electron chi connectivity index (χ4n) is 1.57. The van der Waals surface area contributed by atoms with Gasteiger partial charge in [-0.1, -0.05) is 41.4 Å². The highest BCUT2D eigenvalue weighted by Crippen LogP contribution is 2.22. The lowest BCUT2D eigenvalue weighted by molar-refractivity contribution is -0.111. The molecule has 1 N–H and O–H groups in total. The molecule has 2 aromatic carbocycles. The van der Waals surface area contributed by atoms with Crippen molar-refractivity contribution in [1.29, 1.82) is 0 Å². The van der Waals surface area contributed by atoms with E-state index in [0.29, 0.717) is 10.7 Å². The first-order chi connectivity index (χ1) is 9.58. The van der Waals surface area contributed by atoms with Crippen LogP contribution in [0.1, 0.15) is 5.56 Å². The molecule has 20 heavy (non-hydrogen) atoms. The van der Waals surface area contributed by atoms with Gasteiger partial charge in [0, 0.05) is 11.6 Å². The first-order valence-electron chi connectivity index (χ1n) is 5.75. The molecule has 102 valence electrons. The fraction of sp³-hybridized carbons (Fsp3) is 0. The molecule has 0 heterocycles. The number of rotatable bonds is 3. The van der Waals surface area contributed by atoms with Crippen molar-refractivity contribution in [3.63, 3.8) is 0 Å². The SMILES string of the molecule is O=C(C=Cc1c(F)cccc1Cl)Nc1ccccc1Cl. The van der Waals surface area contributed by atoms with Crippen molar-refractivity contribution in [1.82, 2.24) is 0 Å². The first kappa shape index (κ1) is 14.6. The van der Waals surface area contributed by atoms with E-state index in [1.807, 2.05) is 0 Å². The largest absolute Gasteiger partial charge is 0.321 e. The van der Waals surface area contributed by atoms with Gasteiger partial charge in [-0.2, -0.15) is 0 Å². The zero-order chi connectivity index (χ0) is 14.5. The summed E-state index contributed by atoms with van der Waals surface area (Å²) < 4.78 is 13.5. The maximum absolute atomic E-state index is 13.5. The van der Waals surface area contributed by atoms with Gasteiger partial charge in [-0.25, -0.2) is 4.39 Å². The van der Waals surface area contributed by atoms with Crippen LogP contribution >= 0.6 is 23.2 Å². The summed E-state index contributed by atoms with van der Waals surface area (Å²) in [4.78, 5) is 11.7. The van der Waals surface area contributed by atoms with Crippen molar-refractivity contribution in [2.24, 2.45) is 0 Å². The average molecular weight is 310 g/mol. The lowest BCUT2D eigenvalue weighted by atomic mass is 10.2. The van der Waals surface area contributed by atoms with E-state index in [2.05, 4.69) is 5.32 Å². The molecule has 0 unspecified atom stereocenters. The van der Waals surface area contributed by atoms with Crippen molar-refractivity contribution in [2.75, 3.05) is 5.32 Å². The third-order valence-corrected chi connectivity index (χ3v) is 3.19. The Morgan fingerprint density at radius 1 is 1.05 bits per heavy atom. The lowest BCUT2D eigenvalue weighted by Gasteiger charge is -2.04. The molecular formula is C15H10Cl2FNO. The molecule has 0 bridgehead atoms. The number of amides is 1. The Morgan fingerprint density at radius 2 is 1.75 bits per heavy atom. The van der Waals surface area contributed by atoms with Crippen LogP contribution in [0.15, 0.2) is 48.5 Å². The summed E-state index contributed by atoms with van der Waals surface area (Å²) in [5, 5.41) is 3.27. The molecule has 0 aliphatic rings. The number of benzene rings is 2. The van der Waals surface area contributed by atoms with Crippen LogP contribution in [0.2, 0.25) is 10.0 Å². The number of anilines is 1. The average Bonchev–Trinajstić information content (AvgIpc) is 2.41. The molecule has 5 heteroatoms. The van der Waals surface area contributed by atoms with E-state index < -0.39 is 11.7 Å². The fourth-order valence-corrected chi connectivity index (χ4v) is 1.97. The molecule has 2 rings (SSSR count). The lowest BCUT2D eigenvalue weighted by Crippen LogP contribution is -2.08. The Morgan fingerprint density at radius 3 is 2.45 bits per heavy atom.